The van der Waals surface area contributed by atoms with Crippen LogP contribution in [0.4, 0.5) is 0 Å². The van der Waals surface area contributed by atoms with Crippen molar-refractivity contribution in [3.05, 3.63) is 24.3 Å². The normalized spacial score (nSPS) is 37.0. The van der Waals surface area contributed by atoms with Gasteiger partial charge in [0.1, 0.15) is 18.0 Å². The van der Waals surface area contributed by atoms with E-state index >= 15 is 0 Å². The summed E-state index contributed by atoms with van der Waals surface area (Å²) in [7, 11) is -58.9. The summed E-state index contributed by atoms with van der Waals surface area (Å²) in [4.78, 5) is -34.1. The lowest BCUT2D eigenvalue weighted by atomic mass is 9.73. The van der Waals surface area contributed by atoms with Crippen LogP contribution in [0, 0.1) is 0 Å². The van der Waals surface area contributed by atoms with Crippen LogP contribution in [0.5, 0.6) is 5.75 Å². The molecule has 2 fully saturated rings. The molecule has 2 aliphatic heterocycles. The van der Waals surface area contributed by atoms with E-state index < -0.39 is 169 Å². The molecule has 0 bridgehead atoms. The predicted molar refractivity (Wildman–Crippen MR) is 184 cm³/mol. The monoisotopic (exact) mass is 1090 g/mol. The summed E-state index contributed by atoms with van der Waals surface area (Å²) in [5, 5.41) is 90.8. The van der Waals surface area contributed by atoms with E-state index in [0.717, 1.165) is 0 Å². The molecular weight excluding hydrogens is 1060 g/mol. The van der Waals surface area contributed by atoms with Gasteiger partial charge >= 0.3 is 61.0 Å². The van der Waals surface area contributed by atoms with Gasteiger partial charge in [-0.2, -0.15) is 67.3 Å². The molecule has 44 heteroatoms. The maximum absolute atomic E-state index is 13.3. The van der Waals surface area contributed by atoms with Gasteiger partial charge in [0, 0.05) is 4.90 Å². The number of benzene rings is 1. The standard InChI is InChI=1S/C18H26O35S9/c19-9(55(27,28)29)7-13(21,11-15(23,58(36,37)38)18(26,61(45,46)47)14(22,57(33,34)35)8(51-11)10(20)56(30,31)32)17(25,60(42,43)44)16(24,59(39,40)41)12(52-7)54-6-3-1-5(2-4-6)53-62(48,49)50/h1-4,7-12,19-26H,(H,27,28,29)(H,30,31,32)(H,33,34,35)(H,36,37,38)(H,39,40,41)(H,42,43,44)(H,45,46,47)(H,48,49,50)/t7-,8-,9?,10?,11+,12+,13+,14+,15-,16-,17-,18-/m1/s1. The maximum Gasteiger partial charge on any atom is 0.446 e. The van der Waals surface area contributed by atoms with Crippen molar-refractivity contribution in [2.75, 3.05) is 0 Å². The lowest BCUT2D eigenvalue weighted by Crippen LogP contribution is -2.95. The Balaban J connectivity index is 2.86. The molecule has 1 aromatic carbocycles. The first-order valence-corrected chi connectivity index (χ1v) is 26.6. The quantitative estimate of drug-likeness (QED) is 0.0769. The van der Waals surface area contributed by atoms with Gasteiger partial charge in [-0.25, -0.2) is 0 Å². The zero-order valence-corrected chi connectivity index (χ0v) is 35.7. The summed E-state index contributed by atoms with van der Waals surface area (Å²) in [6.07, 6.45) is -15.6. The number of hydrogen-bond acceptors (Lipinski definition) is 28. The minimum Gasteiger partial charge on any atom is -0.380 e. The van der Waals surface area contributed by atoms with E-state index in [1.807, 2.05) is 0 Å². The zero-order chi connectivity index (χ0) is 49.3. The van der Waals surface area contributed by atoms with Gasteiger partial charge in [-0.15, -0.1) is 0 Å². The minimum absolute atomic E-state index is 0.408. The van der Waals surface area contributed by atoms with Gasteiger partial charge in [0.15, 0.2) is 17.1 Å². The highest BCUT2D eigenvalue weighted by atomic mass is 32.3. The second-order valence-corrected chi connectivity index (χ2v) is 25.3. The molecular formula is C18H26O35S9. The highest BCUT2D eigenvalue weighted by molar-refractivity contribution is 8.01. The summed E-state index contributed by atoms with van der Waals surface area (Å²) in [5.74, 6) is -0.910. The van der Waals surface area contributed by atoms with E-state index in [1.165, 1.54) is 0 Å². The van der Waals surface area contributed by atoms with Crippen LogP contribution in [0.3, 0.4) is 0 Å². The van der Waals surface area contributed by atoms with Crippen LogP contribution in [-0.2, 0) is 90.7 Å². The van der Waals surface area contributed by atoms with Gasteiger partial charge in [-0.1, -0.05) is 11.8 Å². The molecule has 2 unspecified atom stereocenters. The Morgan fingerprint density at radius 2 is 0.871 bits per heavy atom. The van der Waals surface area contributed by atoms with Crippen LogP contribution in [-0.4, -0.2) is 210 Å². The molecule has 362 valence electrons. The van der Waals surface area contributed by atoms with Crippen LogP contribution < -0.4 is 4.18 Å². The van der Waals surface area contributed by atoms with E-state index in [9.17, 15) is 140 Å². The first-order chi connectivity index (χ1) is 26.9. The van der Waals surface area contributed by atoms with Gasteiger partial charge in [0.05, 0.1) is 0 Å². The van der Waals surface area contributed by atoms with Crippen molar-refractivity contribution in [2.45, 2.75) is 69.8 Å². The van der Waals surface area contributed by atoms with E-state index in [4.69, 9.17) is 4.55 Å². The molecule has 35 nitrogen and oxygen atoms in total. The third kappa shape index (κ3) is 7.82. The molecule has 3 rings (SSSR count). The van der Waals surface area contributed by atoms with Crippen molar-refractivity contribution in [1.82, 2.24) is 0 Å². The van der Waals surface area contributed by atoms with Gasteiger partial charge < -0.3 is 54.5 Å². The predicted octanol–water partition coefficient (Wildman–Crippen LogP) is -9.52. The topological polar surface area (TPSA) is 624 Å². The fraction of sp³-hybridized carbons (Fsp3) is 0.667. The van der Waals surface area contributed by atoms with Crippen molar-refractivity contribution >= 4 is 93.0 Å². The molecule has 16 N–H and O–H groups in total. The van der Waals surface area contributed by atoms with Crippen molar-refractivity contribution in [3.63, 3.8) is 0 Å². The lowest BCUT2D eigenvalue weighted by molar-refractivity contribution is -0.375. The highest BCUT2D eigenvalue weighted by Gasteiger charge is 2.95. The Morgan fingerprint density at radius 3 is 1.19 bits per heavy atom. The molecule has 1 aromatic rings. The summed E-state index contributed by atoms with van der Waals surface area (Å²) in [6.45, 7) is 0. The van der Waals surface area contributed by atoms with E-state index in [2.05, 4.69) is 13.7 Å². The van der Waals surface area contributed by atoms with Crippen molar-refractivity contribution < 1.29 is 158 Å². The lowest BCUT2D eigenvalue weighted by Gasteiger charge is -2.64. The summed E-state index contributed by atoms with van der Waals surface area (Å²) in [5.41, 5.74) is -20.0. The third-order valence-corrected chi connectivity index (χ3v) is 19.3. The molecule has 12 atom stereocenters. The number of thioether (sulfide) groups is 1. The fourth-order valence-electron chi connectivity index (χ4n) is 6.13. The molecule has 62 heavy (non-hydrogen) atoms. The van der Waals surface area contributed by atoms with Crippen molar-refractivity contribution in [1.29, 1.82) is 0 Å². The van der Waals surface area contributed by atoms with Crippen molar-refractivity contribution in [3.8, 4) is 5.75 Å². The smallest absolute Gasteiger partial charge is 0.380 e. The number of hydrogen-bond donors (Lipinski definition) is 16. The molecule has 0 aliphatic carbocycles. The first-order valence-electron chi connectivity index (χ1n) is 14.2. The van der Waals surface area contributed by atoms with Crippen LogP contribution in [0.2, 0.25) is 0 Å². The molecule has 0 radical (unpaired) electrons. The van der Waals surface area contributed by atoms with Crippen molar-refractivity contribution in [2.24, 2.45) is 0 Å². The van der Waals surface area contributed by atoms with Crippen LogP contribution in [0.25, 0.3) is 0 Å². The minimum atomic E-state index is -8.16. The summed E-state index contributed by atoms with van der Waals surface area (Å²) < 4.78 is 292. The number of aliphatic hydroxyl groups excluding tert-OH is 2. The maximum atomic E-state index is 13.3. The summed E-state index contributed by atoms with van der Waals surface area (Å²) >= 11 is -0.830. The first kappa shape index (κ1) is 54.6. The van der Waals surface area contributed by atoms with E-state index in [0.29, 0.717) is 24.3 Å². The zero-order valence-electron chi connectivity index (χ0n) is 28.4. The molecule has 2 saturated heterocycles. The SMILES string of the molecule is O=S(=O)(O)Oc1ccc(S[C@@H]2O[C@H](C(O)S(=O)(=O)O)[C@](O)([C@@H]3O[C@H](C(O)S(=O)(=O)O)[C@](O)(S(=O)(=O)O)[C@@](O)(S(=O)(=O)O)[C@]3(O)S(=O)(=O)O)[C@@](O)(S(=O)(=O)O)[C@]2(O)S(=O)(=O)O)cc1. The van der Waals surface area contributed by atoms with Gasteiger partial charge in [0.2, 0.25) is 10.9 Å². The van der Waals surface area contributed by atoms with Crippen LogP contribution >= 0.6 is 11.8 Å². The Labute approximate surface area is 349 Å². The second kappa shape index (κ2) is 15.4. The molecule has 0 spiro atoms. The Bertz CT molecular complexity index is 2900. The van der Waals surface area contributed by atoms with Crippen LogP contribution in [0.1, 0.15) is 0 Å². The third-order valence-electron chi connectivity index (χ3n) is 8.77. The number of ether oxygens (including phenoxy) is 2. The second-order valence-electron chi connectivity index (χ2n) is 12.3. The largest absolute Gasteiger partial charge is 0.446 e. The average molecular weight is 1090 g/mol. The Hall–Kier alpha value is -1.75. The number of aliphatic hydroxyl groups is 8. The molecule has 0 saturated carbocycles. The van der Waals surface area contributed by atoms with Crippen LogP contribution in [0.15, 0.2) is 29.2 Å². The van der Waals surface area contributed by atoms with Gasteiger partial charge in [-0.05, 0) is 24.3 Å². The van der Waals surface area contributed by atoms with E-state index in [-0.39, 0.29) is 0 Å². The molecule has 0 aromatic heterocycles. The van der Waals surface area contributed by atoms with Gasteiger partial charge in [-0.3, -0.25) is 36.4 Å². The fourth-order valence-corrected chi connectivity index (χ4v) is 16.2. The average Bonchev–Trinajstić information content (AvgIpc) is 3.03. The van der Waals surface area contributed by atoms with Gasteiger partial charge in [0.25, 0.3) is 44.9 Å². The Morgan fingerprint density at radius 1 is 0.500 bits per heavy atom. The molecule has 2 aliphatic rings. The summed E-state index contributed by atoms with van der Waals surface area (Å²) in [6, 6.07) is 1.67. The molecule has 2 heterocycles. The Kier molecular flexibility index (Phi) is 13.6. The molecule has 0 amide bonds. The number of rotatable bonds is 14. The highest BCUT2D eigenvalue weighted by Crippen LogP contribution is 2.62. The van der Waals surface area contributed by atoms with E-state index in [1.54, 1.807) is 0 Å².